The van der Waals surface area contributed by atoms with E-state index in [2.05, 4.69) is 15.5 Å². The Kier molecular flexibility index (Phi) is 6.43. The minimum atomic E-state index is -0.378. The van der Waals surface area contributed by atoms with E-state index < -0.39 is 0 Å². The van der Waals surface area contributed by atoms with Gasteiger partial charge in [0.1, 0.15) is 5.82 Å². The predicted octanol–water partition coefficient (Wildman–Crippen LogP) is 4.87. The van der Waals surface area contributed by atoms with Gasteiger partial charge < -0.3 is 5.32 Å². The Balaban J connectivity index is 1.57. The number of carbonyl (C=O) groups excluding carboxylic acids is 1. The van der Waals surface area contributed by atoms with Gasteiger partial charge in [0.25, 0.3) is 0 Å². The Labute approximate surface area is 184 Å². The standard InChI is InChI=1S/C24H21FN4OS/c1-17(23(30)26-16-18-8-4-2-5-9-18)31-24-28-27-22(19-12-14-20(25)15-13-19)29(24)21-10-6-3-7-11-21/h2-15,17H,16H2,1H3,(H,26,30). The minimum absolute atomic E-state index is 0.0835. The molecule has 5 nitrogen and oxygen atoms in total. The number of benzene rings is 3. The molecule has 4 aromatic rings. The summed E-state index contributed by atoms with van der Waals surface area (Å²) >= 11 is 1.33. The minimum Gasteiger partial charge on any atom is -0.351 e. The van der Waals surface area contributed by atoms with Gasteiger partial charge in [-0.25, -0.2) is 4.39 Å². The summed E-state index contributed by atoms with van der Waals surface area (Å²) < 4.78 is 15.3. The summed E-state index contributed by atoms with van der Waals surface area (Å²) in [6.07, 6.45) is 0. The van der Waals surface area contributed by atoms with Gasteiger partial charge in [-0.15, -0.1) is 10.2 Å². The first-order valence-electron chi connectivity index (χ1n) is 9.87. The highest BCUT2D eigenvalue weighted by Crippen LogP contribution is 2.30. The molecule has 1 unspecified atom stereocenters. The van der Waals surface area contributed by atoms with Crippen LogP contribution in [0.5, 0.6) is 0 Å². The monoisotopic (exact) mass is 432 g/mol. The number of hydrogen-bond acceptors (Lipinski definition) is 4. The average molecular weight is 433 g/mol. The number of thioether (sulfide) groups is 1. The van der Waals surface area contributed by atoms with Crippen molar-refractivity contribution in [3.63, 3.8) is 0 Å². The smallest absolute Gasteiger partial charge is 0.233 e. The quantitative estimate of drug-likeness (QED) is 0.423. The molecular weight excluding hydrogens is 411 g/mol. The molecule has 156 valence electrons. The first-order valence-corrected chi connectivity index (χ1v) is 10.7. The van der Waals surface area contributed by atoms with Crippen LogP contribution < -0.4 is 5.32 Å². The van der Waals surface area contributed by atoms with Crippen molar-refractivity contribution >= 4 is 17.7 Å². The molecule has 3 aromatic carbocycles. The number of halogens is 1. The van der Waals surface area contributed by atoms with Gasteiger partial charge in [0.2, 0.25) is 5.91 Å². The van der Waals surface area contributed by atoms with E-state index in [0.29, 0.717) is 17.5 Å². The maximum Gasteiger partial charge on any atom is 0.233 e. The van der Waals surface area contributed by atoms with Crippen LogP contribution in [0.25, 0.3) is 17.1 Å². The Morgan fingerprint density at radius 2 is 1.61 bits per heavy atom. The normalized spacial score (nSPS) is 11.8. The maximum atomic E-state index is 13.4. The van der Waals surface area contributed by atoms with Crippen LogP contribution in [0.3, 0.4) is 0 Å². The molecule has 4 rings (SSSR count). The number of carbonyl (C=O) groups is 1. The molecule has 0 aliphatic heterocycles. The third-order valence-electron chi connectivity index (χ3n) is 4.71. The van der Waals surface area contributed by atoms with Crippen molar-refractivity contribution in [2.75, 3.05) is 0 Å². The third-order valence-corrected chi connectivity index (χ3v) is 5.75. The summed E-state index contributed by atoms with van der Waals surface area (Å²) in [6, 6.07) is 25.6. The predicted molar refractivity (Wildman–Crippen MR) is 120 cm³/mol. The number of aromatic nitrogens is 3. The molecule has 1 heterocycles. The van der Waals surface area contributed by atoms with Gasteiger partial charge in [0.05, 0.1) is 5.25 Å². The lowest BCUT2D eigenvalue weighted by atomic mass is 10.2. The summed E-state index contributed by atoms with van der Waals surface area (Å²) in [5.74, 6) is 0.193. The van der Waals surface area contributed by atoms with Gasteiger partial charge in [-0.3, -0.25) is 9.36 Å². The largest absolute Gasteiger partial charge is 0.351 e. The zero-order chi connectivity index (χ0) is 21.6. The van der Waals surface area contributed by atoms with Gasteiger partial charge in [-0.1, -0.05) is 60.3 Å². The van der Waals surface area contributed by atoms with Crippen molar-refractivity contribution in [1.82, 2.24) is 20.1 Å². The first kappa shape index (κ1) is 20.8. The molecular formula is C24H21FN4OS. The zero-order valence-corrected chi connectivity index (χ0v) is 17.7. The molecule has 0 saturated heterocycles. The van der Waals surface area contributed by atoms with Crippen LogP contribution in [-0.2, 0) is 11.3 Å². The first-order chi connectivity index (χ1) is 15.1. The second-order valence-corrected chi connectivity index (χ2v) is 8.26. The zero-order valence-electron chi connectivity index (χ0n) is 16.9. The van der Waals surface area contributed by atoms with E-state index in [1.54, 1.807) is 12.1 Å². The Hall–Kier alpha value is -3.45. The molecule has 0 saturated carbocycles. The number of hydrogen-bond donors (Lipinski definition) is 1. The van der Waals surface area contributed by atoms with Crippen molar-refractivity contribution in [2.45, 2.75) is 23.9 Å². The fourth-order valence-electron chi connectivity index (χ4n) is 3.08. The van der Waals surface area contributed by atoms with Crippen LogP contribution in [0.15, 0.2) is 90.1 Å². The van der Waals surface area contributed by atoms with Gasteiger partial charge in [-0.05, 0) is 48.9 Å². The Morgan fingerprint density at radius 1 is 0.968 bits per heavy atom. The molecule has 31 heavy (non-hydrogen) atoms. The molecule has 0 bridgehead atoms. The molecule has 1 aromatic heterocycles. The molecule has 0 spiro atoms. The Bertz CT molecular complexity index is 1150. The lowest BCUT2D eigenvalue weighted by Crippen LogP contribution is -2.30. The molecule has 0 fully saturated rings. The van der Waals surface area contributed by atoms with E-state index in [0.717, 1.165) is 16.8 Å². The van der Waals surface area contributed by atoms with Crippen LogP contribution in [0.1, 0.15) is 12.5 Å². The molecule has 1 amide bonds. The van der Waals surface area contributed by atoms with E-state index in [1.165, 1.54) is 23.9 Å². The van der Waals surface area contributed by atoms with Gasteiger partial charge in [0, 0.05) is 17.8 Å². The van der Waals surface area contributed by atoms with E-state index >= 15 is 0 Å². The number of para-hydroxylation sites is 1. The molecule has 0 aliphatic rings. The highest BCUT2D eigenvalue weighted by Gasteiger charge is 2.21. The number of nitrogens with one attached hydrogen (secondary N) is 1. The second-order valence-electron chi connectivity index (χ2n) is 6.95. The van der Waals surface area contributed by atoms with Crippen LogP contribution in [0, 0.1) is 5.82 Å². The summed E-state index contributed by atoms with van der Waals surface area (Å²) in [4.78, 5) is 12.7. The van der Waals surface area contributed by atoms with Gasteiger partial charge in [-0.2, -0.15) is 0 Å². The number of amides is 1. The highest BCUT2D eigenvalue weighted by atomic mass is 32.2. The van der Waals surface area contributed by atoms with Crippen molar-refractivity contribution in [3.05, 3.63) is 96.3 Å². The number of nitrogens with zero attached hydrogens (tertiary/aromatic N) is 3. The molecule has 0 radical (unpaired) electrons. The van der Waals surface area contributed by atoms with Gasteiger partial charge >= 0.3 is 0 Å². The van der Waals surface area contributed by atoms with Crippen molar-refractivity contribution in [1.29, 1.82) is 0 Å². The Morgan fingerprint density at radius 3 is 2.29 bits per heavy atom. The van der Waals surface area contributed by atoms with Crippen LogP contribution in [0.4, 0.5) is 4.39 Å². The van der Waals surface area contributed by atoms with E-state index in [4.69, 9.17) is 0 Å². The van der Waals surface area contributed by atoms with Gasteiger partial charge in [0.15, 0.2) is 11.0 Å². The summed E-state index contributed by atoms with van der Waals surface area (Å²) in [5.41, 5.74) is 2.65. The lowest BCUT2D eigenvalue weighted by Gasteiger charge is -2.14. The summed E-state index contributed by atoms with van der Waals surface area (Å²) in [5, 5.41) is 11.8. The average Bonchev–Trinajstić information content (AvgIpc) is 3.22. The molecule has 1 atom stereocenters. The van der Waals surface area contributed by atoms with E-state index in [1.807, 2.05) is 72.2 Å². The van der Waals surface area contributed by atoms with Crippen LogP contribution >= 0.6 is 11.8 Å². The molecule has 0 aliphatic carbocycles. The third kappa shape index (κ3) is 5.00. The maximum absolute atomic E-state index is 13.4. The fraction of sp³-hybridized carbons (Fsp3) is 0.125. The molecule has 7 heteroatoms. The van der Waals surface area contributed by atoms with Crippen LogP contribution in [0.2, 0.25) is 0 Å². The highest BCUT2D eigenvalue weighted by molar-refractivity contribution is 8.00. The van der Waals surface area contributed by atoms with Crippen molar-refractivity contribution < 1.29 is 9.18 Å². The molecule has 1 N–H and O–H groups in total. The van der Waals surface area contributed by atoms with E-state index in [9.17, 15) is 9.18 Å². The van der Waals surface area contributed by atoms with Crippen LogP contribution in [-0.4, -0.2) is 25.9 Å². The second kappa shape index (κ2) is 9.57. The van der Waals surface area contributed by atoms with Crippen molar-refractivity contribution in [3.8, 4) is 17.1 Å². The summed E-state index contributed by atoms with van der Waals surface area (Å²) in [6.45, 7) is 2.31. The SMILES string of the molecule is CC(Sc1nnc(-c2ccc(F)cc2)n1-c1ccccc1)C(=O)NCc1ccccc1. The number of rotatable bonds is 7. The van der Waals surface area contributed by atoms with Crippen molar-refractivity contribution in [2.24, 2.45) is 0 Å². The lowest BCUT2D eigenvalue weighted by molar-refractivity contribution is -0.120. The summed E-state index contributed by atoms with van der Waals surface area (Å²) in [7, 11) is 0. The van der Waals surface area contributed by atoms with E-state index in [-0.39, 0.29) is 17.0 Å². The topological polar surface area (TPSA) is 59.8 Å². The fourth-order valence-corrected chi connectivity index (χ4v) is 3.97.